The first kappa shape index (κ1) is 18.2. The van der Waals surface area contributed by atoms with Crippen molar-refractivity contribution in [2.24, 2.45) is 0 Å². The van der Waals surface area contributed by atoms with Crippen LogP contribution in [0.15, 0.2) is 42.5 Å². The molecule has 150 valence electrons. The van der Waals surface area contributed by atoms with Crippen molar-refractivity contribution in [3.05, 3.63) is 53.7 Å². The molecule has 0 amide bonds. The molecule has 1 atom stereocenters. The molecule has 3 heterocycles. The number of nitrogen functional groups attached to an aromatic ring is 1. The lowest BCUT2D eigenvalue weighted by Gasteiger charge is -2.31. The van der Waals surface area contributed by atoms with Crippen LogP contribution in [-0.4, -0.2) is 47.6 Å². The van der Waals surface area contributed by atoms with Crippen LogP contribution in [0.25, 0.3) is 10.8 Å². The monoisotopic (exact) mass is 388 g/mol. The molecule has 1 fully saturated rings. The molecule has 2 aliphatic rings. The molecule has 0 unspecified atom stereocenters. The van der Waals surface area contributed by atoms with Crippen molar-refractivity contribution in [2.45, 2.75) is 31.8 Å². The van der Waals surface area contributed by atoms with Crippen LogP contribution in [0.1, 0.15) is 24.1 Å². The number of nitrogens with one attached hydrogen (secondary N) is 1. The Balaban J connectivity index is 1.39. The zero-order valence-electron chi connectivity index (χ0n) is 16.9. The van der Waals surface area contributed by atoms with Crippen molar-refractivity contribution in [3.63, 3.8) is 0 Å². The van der Waals surface area contributed by atoms with E-state index in [1.807, 2.05) is 0 Å². The van der Waals surface area contributed by atoms with Gasteiger partial charge in [-0.15, -0.1) is 0 Å². The fraction of sp³-hybridized carbons (Fsp3) is 0.391. The summed E-state index contributed by atoms with van der Waals surface area (Å²) < 4.78 is 0. The Bertz CT molecular complexity index is 1030. The van der Waals surface area contributed by atoms with Crippen LogP contribution in [0.2, 0.25) is 0 Å². The lowest BCUT2D eigenvalue weighted by atomic mass is 10.0. The highest BCUT2D eigenvalue weighted by molar-refractivity contribution is 5.94. The van der Waals surface area contributed by atoms with E-state index in [0.29, 0.717) is 17.8 Å². The molecule has 5 rings (SSSR count). The second-order valence-electron chi connectivity index (χ2n) is 8.19. The van der Waals surface area contributed by atoms with Gasteiger partial charge < -0.3 is 20.9 Å². The van der Waals surface area contributed by atoms with E-state index in [2.05, 4.69) is 69.6 Å². The molecule has 0 spiro atoms. The molecule has 0 bridgehead atoms. The van der Waals surface area contributed by atoms with Gasteiger partial charge in [0.15, 0.2) is 0 Å². The number of hydrogen-bond acceptors (Lipinski definition) is 6. The molecular formula is C23H28N6. The van der Waals surface area contributed by atoms with Gasteiger partial charge in [0, 0.05) is 35.8 Å². The fourth-order valence-electron chi connectivity index (χ4n) is 4.67. The van der Waals surface area contributed by atoms with E-state index in [1.165, 1.54) is 35.8 Å². The first-order chi connectivity index (χ1) is 14.2. The summed E-state index contributed by atoms with van der Waals surface area (Å²) in [5, 5.41) is 5.98. The predicted octanol–water partition coefficient (Wildman–Crippen LogP) is 3.28. The van der Waals surface area contributed by atoms with Crippen molar-refractivity contribution in [3.8, 4) is 0 Å². The van der Waals surface area contributed by atoms with Gasteiger partial charge in [0.25, 0.3) is 0 Å². The maximum atomic E-state index is 6.31. The molecule has 29 heavy (non-hydrogen) atoms. The van der Waals surface area contributed by atoms with Gasteiger partial charge in [0.2, 0.25) is 5.95 Å². The topological polar surface area (TPSA) is 70.3 Å². The van der Waals surface area contributed by atoms with E-state index in [0.717, 1.165) is 37.3 Å². The largest absolute Gasteiger partial charge is 0.383 e. The number of nitrogens with two attached hydrogens (primary N) is 1. The Kier molecular flexibility index (Phi) is 4.72. The van der Waals surface area contributed by atoms with Crippen LogP contribution in [0.4, 0.5) is 17.5 Å². The van der Waals surface area contributed by atoms with Crippen molar-refractivity contribution in [2.75, 3.05) is 42.6 Å². The number of anilines is 3. The Labute approximate surface area is 171 Å². The normalized spacial score (nSPS) is 19.5. The van der Waals surface area contributed by atoms with Crippen LogP contribution in [0.3, 0.4) is 0 Å². The number of nitrogens with zero attached hydrogens (tertiary/aromatic N) is 4. The van der Waals surface area contributed by atoms with E-state index in [-0.39, 0.29) is 0 Å². The number of hydrogen-bond donors (Lipinski definition) is 2. The van der Waals surface area contributed by atoms with Crippen LogP contribution in [0, 0.1) is 0 Å². The third-order valence-electron chi connectivity index (χ3n) is 6.37. The Hall–Kier alpha value is -2.86. The van der Waals surface area contributed by atoms with E-state index >= 15 is 0 Å². The zero-order chi connectivity index (χ0) is 19.8. The van der Waals surface area contributed by atoms with Gasteiger partial charge in [0.1, 0.15) is 5.82 Å². The van der Waals surface area contributed by atoms with Crippen LogP contribution < -0.4 is 16.0 Å². The average molecular weight is 389 g/mol. The van der Waals surface area contributed by atoms with Crippen LogP contribution in [-0.2, 0) is 13.0 Å². The van der Waals surface area contributed by atoms with Crippen molar-refractivity contribution in [1.82, 2.24) is 14.9 Å². The summed E-state index contributed by atoms with van der Waals surface area (Å²) >= 11 is 0. The van der Waals surface area contributed by atoms with E-state index in [9.17, 15) is 0 Å². The second kappa shape index (κ2) is 7.52. The Morgan fingerprint density at radius 1 is 1.10 bits per heavy atom. The van der Waals surface area contributed by atoms with Gasteiger partial charge in [-0.2, -0.15) is 4.98 Å². The lowest BCUT2D eigenvalue weighted by Crippen LogP contribution is -2.34. The third kappa shape index (κ3) is 3.49. The van der Waals surface area contributed by atoms with Gasteiger partial charge >= 0.3 is 0 Å². The van der Waals surface area contributed by atoms with Gasteiger partial charge in [0.05, 0.1) is 12.2 Å². The maximum absolute atomic E-state index is 6.31. The maximum Gasteiger partial charge on any atom is 0.224 e. The number of likely N-dealkylation sites (N-methyl/N-ethyl adjacent to an activating group) is 1. The highest BCUT2D eigenvalue weighted by Crippen LogP contribution is 2.32. The van der Waals surface area contributed by atoms with E-state index in [1.54, 1.807) is 0 Å². The summed E-state index contributed by atoms with van der Waals surface area (Å²) in [6, 6.07) is 15.6. The molecule has 3 N–H and O–H groups in total. The standard InChI is InChI=1S/C23H28N6/c1-28-12-5-8-17(28)14-25-23-26-20-15-29(13-11-19(20)22(24)27-23)21-10-4-7-16-6-2-3-9-18(16)21/h2-4,6-7,9-10,17H,5,8,11-15H2,1H3,(H3,24,25,26,27)/t17-/m0/s1. The molecule has 0 aliphatic carbocycles. The molecular weight excluding hydrogens is 360 g/mol. The molecule has 1 saturated heterocycles. The summed E-state index contributed by atoms with van der Waals surface area (Å²) in [4.78, 5) is 14.2. The summed E-state index contributed by atoms with van der Waals surface area (Å²) in [6.07, 6.45) is 3.35. The molecule has 0 saturated carbocycles. The zero-order valence-corrected chi connectivity index (χ0v) is 16.9. The van der Waals surface area contributed by atoms with Crippen LogP contribution in [0.5, 0.6) is 0 Å². The van der Waals surface area contributed by atoms with E-state index < -0.39 is 0 Å². The summed E-state index contributed by atoms with van der Waals surface area (Å²) in [5.74, 6) is 1.27. The van der Waals surface area contributed by atoms with Crippen molar-refractivity contribution >= 4 is 28.2 Å². The first-order valence-corrected chi connectivity index (χ1v) is 10.5. The van der Waals surface area contributed by atoms with Gasteiger partial charge in [-0.05, 0) is 44.3 Å². The molecule has 6 heteroatoms. The molecule has 0 radical (unpaired) electrons. The molecule has 3 aromatic rings. The van der Waals surface area contributed by atoms with E-state index in [4.69, 9.17) is 10.7 Å². The smallest absolute Gasteiger partial charge is 0.224 e. The Morgan fingerprint density at radius 2 is 1.97 bits per heavy atom. The van der Waals surface area contributed by atoms with Gasteiger partial charge in [-0.1, -0.05) is 36.4 Å². The van der Waals surface area contributed by atoms with Crippen LogP contribution >= 0.6 is 0 Å². The highest BCUT2D eigenvalue weighted by atomic mass is 15.2. The minimum absolute atomic E-state index is 0.544. The fourth-order valence-corrected chi connectivity index (χ4v) is 4.67. The molecule has 6 nitrogen and oxygen atoms in total. The number of likely N-dealkylation sites (tertiary alicyclic amines) is 1. The summed E-state index contributed by atoms with van der Waals surface area (Å²) in [5.41, 5.74) is 9.71. The lowest BCUT2D eigenvalue weighted by molar-refractivity contribution is 0.322. The van der Waals surface area contributed by atoms with Gasteiger partial charge in [-0.25, -0.2) is 4.98 Å². The number of benzene rings is 2. The SMILES string of the molecule is CN1CCC[C@H]1CNc1nc(N)c2c(n1)CN(c1cccc3ccccc13)CC2. The number of aromatic nitrogens is 2. The van der Waals surface area contributed by atoms with Crippen molar-refractivity contribution in [1.29, 1.82) is 0 Å². The molecule has 2 aliphatic heterocycles. The van der Waals surface area contributed by atoms with Crippen molar-refractivity contribution < 1.29 is 0 Å². The molecule has 2 aromatic carbocycles. The Morgan fingerprint density at radius 3 is 2.83 bits per heavy atom. The quantitative estimate of drug-likeness (QED) is 0.715. The minimum Gasteiger partial charge on any atom is -0.383 e. The number of rotatable bonds is 4. The predicted molar refractivity (Wildman–Crippen MR) is 119 cm³/mol. The second-order valence-corrected chi connectivity index (χ2v) is 8.19. The molecule has 1 aromatic heterocycles. The summed E-state index contributed by atoms with van der Waals surface area (Å²) in [7, 11) is 2.18. The first-order valence-electron chi connectivity index (χ1n) is 10.5. The summed E-state index contributed by atoms with van der Waals surface area (Å²) in [6.45, 7) is 3.71. The average Bonchev–Trinajstić information content (AvgIpc) is 3.16. The highest BCUT2D eigenvalue weighted by Gasteiger charge is 2.24. The third-order valence-corrected chi connectivity index (χ3v) is 6.37. The van der Waals surface area contributed by atoms with Gasteiger partial charge in [-0.3, -0.25) is 0 Å². The number of fused-ring (bicyclic) bond motifs is 2. The minimum atomic E-state index is 0.544.